The van der Waals surface area contributed by atoms with Gasteiger partial charge in [0.15, 0.2) is 0 Å². The SMILES string of the molecule is NC(=O)C1CN(C(=O)Nc2ccc(Oc3ccccc3)cc2)CCN1S(=O)(=O)c1cccc2cccnc12. The van der Waals surface area contributed by atoms with E-state index in [1.807, 2.05) is 30.3 Å². The molecule has 1 aromatic heterocycles. The van der Waals surface area contributed by atoms with Gasteiger partial charge in [0, 0.05) is 36.9 Å². The predicted molar refractivity (Wildman–Crippen MR) is 142 cm³/mol. The Morgan fingerprint density at radius 1 is 0.895 bits per heavy atom. The first-order valence-electron chi connectivity index (χ1n) is 11.9. The monoisotopic (exact) mass is 531 g/mol. The molecule has 0 aliphatic carbocycles. The van der Waals surface area contributed by atoms with Crippen LogP contribution in [-0.4, -0.2) is 60.2 Å². The van der Waals surface area contributed by atoms with Gasteiger partial charge in [0.1, 0.15) is 22.4 Å². The van der Waals surface area contributed by atoms with Crippen molar-refractivity contribution in [2.75, 3.05) is 25.0 Å². The van der Waals surface area contributed by atoms with E-state index in [-0.39, 0.29) is 24.5 Å². The first-order chi connectivity index (χ1) is 18.3. The first kappa shape index (κ1) is 25.2. The molecule has 1 aliphatic heterocycles. The molecule has 4 aromatic rings. The number of nitrogens with one attached hydrogen (secondary N) is 1. The summed E-state index contributed by atoms with van der Waals surface area (Å²) in [5, 5.41) is 3.43. The smallest absolute Gasteiger partial charge is 0.321 e. The number of carbonyl (C=O) groups excluding carboxylic acids is 2. The Morgan fingerprint density at radius 3 is 2.34 bits per heavy atom. The maximum absolute atomic E-state index is 13.6. The second-order valence-electron chi connectivity index (χ2n) is 8.68. The van der Waals surface area contributed by atoms with E-state index in [1.165, 1.54) is 17.2 Å². The van der Waals surface area contributed by atoms with Gasteiger partial charge in [-0.1, -0.05) is 36.4 Å². The van der Waals surface area contributed by atoms with E-state index >= 15 is 0 Å². The van der Waals surface area contributed by atoms with Crippen molar-refractivity contribution in [3.05, 3.63) is 91.1 Å². The van der Waals surface area contributed by atoms with E-state index in [4.69, 9.17) is 10.5 Å². The van der Waals surface area contributed by atoms with Crippen LogP contribution in [0.3, 0.4) is 0 Å². The van der Waals surface area contributed by atoms with Crippen LogP contribution in [0.4, 0.5) is 10.5 Å². The summed E-state index contributed by atoms with van der Waals surface area (Å²) in [6, 6.07) is 22.7. The Bertz CT molecular complexity index is 1570. The molecule has 3 amide bonds. The number of aromatic nitrogens is 1. The summed E-state index contributed by atoms with van der Waals surface area (Å²) in [4.78, 5) is 30.9. The Hall–Kier alpha value is -4.48. The molecule has 3 aromatic carbocycles. The number of rotatable bonds is 6. The lowest BCUT2D eigenvalue weighted by Crippen LogP contribution is -2.61. The van der Waals surface area contributed by atoms with Gasteiger partial charge in [0.25, 0.3) is 0 Å². The molecule has 5 rings (SSSR count). The van der Waals surface area contributed by atoms with Gasteiger partial charge in [-0.3, -0.25) is 9.78 Å². The number of fused-ring (bicyclic) bond motifs is 1. The molecule has 0 saturated carbocycles. The van der Waals surface area contributed by atoms with Crippen LogP contribution in [0.25, 0.3) is 10.9 Å². The number of hydrogen-bond acceptors (Lipinski definition) is 6. The summed E-state index contributed by atoms with van der Waals surface area (Å²) in [5.74, 6) is 0.445. The minimum atomic E-state index is -4.12. The molecule has 2 heterocycles. The first-order valence-corrected chi connectivity index (χ1v) is 13.3. The third-order valence-electron chi connectivity index (χ3n) is 6.21. The van der Waals surface area contributed by atoms with Crippen LogP contribution < -0.4 is 15.8 Å². The maximum Gasteiger partial charge on any atom is 0.321 e. The van der Waals surface area contributed by atoms with Crippen LogP contribution in [0.15, 0.2) is 96.0 Å². The van der Waals surface area contributed by atoms with E-state index < -0.39 is 28.0 Å². The number of ether oxygens (including phenoxy) is 1. The predicted octanol–water partition coefficient (Wildman–Crippen LogP) is 3.42. The van der Waals surface area contributed by atoms with Gasteiger partial charge in [-0.25, -0.2) is 13.2 Å². The summed E-state index contributed by atoms with van der Waals surface area (Å²) in [5.41, 5.74) is 6.43. The maximum atomic E-state index is 13.6. The normalized spacial score (nSPS) is 16.2. The molecular formula is C27H25N5O5S. The van der Waals surface area contributed by atoms with Gasteiger partial charge in [0.2, 0.25) is 15.9 Å². The number of piperazine rings is 1. The standard InChI is InChI=1S/C27H25N5O5S/c28-26(33)23-18-31(27(34)30-20-11-13-22(14-12-20)37-21-8-2-1-3-9-21)16-17-32(23)38(35,36)24-10-4-6-19-7-5-15-29-25(19)24/h1-15,23H,16-18H2,(H2,28,33)(H,30,34). The lowest BCUT2D eigenvalue weighted by molar-refractivity contribution is -0.122. The fourth-order valence-electron chi connectivity index (χ4n) is 4.31. The van der Waals surface area contributed by atoms with Crippen LogP contribution >= 0.6 is 0 Å². The van der Waals surface area contributed by atoms with Crippen molar-refractivity contribution < 1.29 is 22.7 Å². The summed E-state index contributed by atoms with van der Waals surface area (Å²) >= 11 is 0. The highest BCUT2D eigenvalue weighted by molar-refractivity contribution is 7.89. The van der Waals surface area contributed by atoms with Crippen LogP contribution in [0, 0.1) is 0 Å². The molecule has 1 atom stereocenters. The molecule has 1 saturated heterocycles. The number of anilines is 1. The molecule has 3 N–H and O–H groups in total. The average Bonchev–Trinajstić information content (AvgIpc) is 2.94. The summed E-state index contributed by atoms with van der Waals surface area (Å²) in [6.07, 6.45) is 1.51. The van der Waals surface area contributed by atoms with Crippen molar-refractivity contribution in [1.82, 2.24) is 14.2 Å². The molecule has 0 radical (unpaired) electrons. The van der Waals surface area contributed by atoms with E-state index in [0.29, 0.717) is 28.1 Å². The van der Waals surface area contributed by atoms with Gasteiger partial charge < -0.3 is 20.7 Å². The third kappa shape index (κ3) is 5.15. The highest BCUT2D eigenvalue weighted by Crippen LogP contribution is 2.28. The van der Waals surface area contributed by atoms with Gasteiger partial charge >= 0.3 is 6.03 Å². The quantitative estimate of drug-likeness (QED) is 0.391. The highest BCUT2D eigenvalue weighted by atomic mass is 32.2. The second kappa shape index (κ2) is 10.5. The molecule has 11 heteroatoms. The Labute approximate surface area is 219 Å². The fraction of sp³-hybridized carbons (Fsp3) is 0.148. The van der Waals surface area contributed by atoms with Gasteiger partial charge in [-0.05, 0) is 48.5 Å². The van der Waals surface area contributed by atoms with E-state index in [9.17, 15) is 18.0 Å². The molecule has 1 fully saturated rings. The Morgan fingerprint density at radius 2 is 1.61 bits per heavy atom. The minimum absolute atomic E-state index is 0.0161. The number of nitrogens with two attached hydrogens (primary N) is 1. The Balaban J connectivity index is 1.29. The summed E-state index contributed by atoms with van der Waals surface area (Å²) in [6.45, 7) is -0.216. The molecule has 1 aliphatic rings. The number of para-hydroxylation sites is 2. The largest absolute Gasteiger partial charge is 0.457 e. The zero-order chi connectivity index (χ0) is 26.7. The number of sulfonamides is 1. The molecule has 10 nitrogen and oxygen atoms in total. The van der Waals surface area contributed by atoms with Crippen molar-refractivity contribution in [1.29, 1.82) is 0 Å². The third-order valence-corrected chi connectivity index (χ3v) is 8.15. The van der Waals surface area contributed by atoms with Crippen molar-refractivity contribution in [3.63, 3.8) is 0 Å². The number of amides is 3. The number of primary amides is 1. The van der Waals surface area contributed by atoms with E-state index in [0.717, 1.165) is 4.31 Å². The number of carbonyl (C=O) groups is 2. The summed E-state index contributed by atoms with van der Waals surface area (Å²) in [7, 11) is -4.12. The number of pyridine rings is 1. The number of urea groups is 1. The second-order valence-corrected chi connectivity index (χ2v) is 10.5. The van der Waals surface area contributed by atoms with Crippen LogP contribution in [0.2, 0.25) is 0 Å². The molecule has 38 heavy (non-hydrogen) atoms. The van der Waals surface area contributed by atoms with Gasteiger partial charge in [0.05, 0.1) is 5.52 Å². The highest BCUT2D eigenvalue weighted by Gasteiger charge is 2.41. The molecular weight excluding hydrogens is 506 g/mol. The van der Waals surface area contributed by atoms with Gasteiger partial charge in [-0.2, -0.15) is 4.31 Å². The van der Waals surface area contributed by atoms with Crippen LogP contribution in [0.1, 0.15) is 0 Å². The Kier molecular flexibility index (Phi) is 6.95. The van der Waals surface area contributed by atoms with Crippen molar-refractivity contribution >= 4 is 38.6 Å². The van der Waals surface area contributed by atoms with Crippen molar-refractivity contribution in [2.45, 2.75) is 10.9 Å². The fourth-order valence-corrected chi connectivity index (χ4v) is 6.06. The van der Waals surface area contributed by atoms with E-state index in [1.54, 1.807) is 48.5 Å². The molecule has 0 spiro atoms. The molecule has 0 bridgehead atoms. The summed E-state index contributed by atoms with van der Waals surface area (Å²) < 4.78 is 34.0. The van der Waals surface area contributed by atoms with Gasteiger partial charge in [-0.15, -0.1) is 0 Å². The zero-order valence-corrected chi connectivity index (χ0v) is 21.0. The number of hydrogen-bond donors (Lipinski definition) is 2. The molecule has 194 valence electrons. The van der Waals surface area contributed by atoms with E-state index in [2.05, 4.69) is 10.3 Å². The number of benzene rings is 3. The lowest BCUT2D eigenvalue weighted by atomic mass is 10.2. The number of nitrogens with zero attached hydrogens (tertiary/aromatic N) is 3. The van der Waals surface area contributed by atoms with Crippen LogP contribution in [0.5, 0.6) is 11.5 Å². The zero-order valence-electron chi connectivity index (χ0n) is 20.2. The topological polar surface area (TPSA) is 135 Å². The minimum Gasteiger partial charge on any atom is -0.457 e. The lowest BCUT2D eigenvalue weighted by Gasteiger charge is -2.38. The van der Waals surface area contributed by atoms with Crippen molar-refractivity contribution in [3.8, 4) is 11.5 Å². The van der Waals surface area contributed by atoms with Crippen LogP contribution in [-0.2, 0) is 14.8 Å². The average molecular weight is 532 g/mol. The van der Waals surface area contributed by atoms with Crippen molar-refractivity contribution in [2.24, 2.45) is 5.73 Å². The molecule has 1 unspecified atom stereocenters.